The number of aromatic nitrogens is 1. The van der Waals surface area contributed by atoms with Gasteiger partial charge in [-0.05, 0) is 30.3 Å². The summed E-state index contributed by atoms with van der Waals surface area (Å²) in [6.45, 7) is 1.35. The largest absolute Gasteiger partial charge is 0.437 e. The topological polar surface area (TPSA) is 77.4 Å². The summed E-state index contributed by atoms with van der Waals surface area (Å²) < 4.78 is 33.9. The summed E-state index contributed by atoms with van der Waals surface area (Å²) in [4.78, 5) is 11.7. The van der Waals surface area contributed by atoms with Crippen molar-refractivity contribution in [3.8, 4) is 0 Å². The quantitative estimate of drug-likeness (QED) is 0.615. The second kappa shape index (κ2) is 7.13. The number of rotatable bonds is 5. The molecular weight excluding hydrogens is 420 g/mol. The number of hydrogen-bond donors (Lipinski definition) is 1. The number of carbonyl (C=O) groups is 1. The average molecular weight is 437 g/mol. The summed E-state index contributed by atoms with van der Waals surface area (Å²) in [7, 11) is -3.41. The van der Waals surface area contributed by atoms with Crippen molar-refractivity contribution < 1.29 is 17.9 Å². The molecule has 3 rings (SSSR count). The third kappa shape index (κ3) is 4.08. The fraction of sp³-hybridized carbons (Fsp3) is 0.167. The van der Waals surface area contributed by atoms with Gasteiger partial charge in [0.2, 0.25) is 16.3 Å². The zero-order valence-electron chi connectivity index (χ0n) is 14.1. The van der Waals surface area contributed by atoms with Gasteiger partial charge >= 0.3 is 5.97 Å². The predicted octanol–water partition coefficient (Wildman–Crippen LogP) is 3.89. The van der Waals surface area contributed by atoms with Gasteiger partial charge in [-0.15, -0.1) is 0 Å². The van der Waals surface area contributed by atoms with Gasteiger partial charge in [-0.3, -0.25) is 9.52 Å². The van der Waals surface area contributed by atoms with Crippen molar-refractivity contribution in [1.29, 1.82) is 0 Å². The Morgan fingerprint density at radius 2 is 1.92 bits per heavy atom. The van der Waals surface area contributed by atoms with Crippen molar-refractivity contribution in [2.45, 2.75) is 13.2 Å². The minimum absolute atomic E-state index is 0.415. The van der Waals surface area contributed by atoms with E-state index >= 15 is 0 Å². The van der Waals surface area contributed by atoms with Gasteiger partial charge in [-0.2, -0.15) is 0 Å². The summed E-state index contributed by atoms with van der Waals surface area (Å²) in [6.07, 6.45) is 2.20. The number of nitrogens with zero attached hydrogens (tertiary/aromatic N) is 1. The van der Waals surface area contributed by atoms with Crippen LogP contribution >= 0.6 is 15.9 Å². The van der Waals surface area contributed by atoms with E-state index in [1.165, 1.54) is 6.92 Å². The van der Waals surface area contributed by atoms with Gasteiger partial charge in [0, 0.05) is 28.5 Å². The van der Waals surface area contributed by atoms with Gasteiger partial charge in [0.25, 0.3) is 0 Å². The van der Waals surface area contributed by atoms with Crippen molar-refractivity contribution >= 4 is 48.5 Å². The number of anilines is 1. The number of carbonyl (C=O) groups excluding carboxylic acids is 1. The van der Waals surface area contributed by atoms with Crippen molar-refractivity contribution in [1.82, 2.24) is 4.57 Å². The highest BCUT2D eigenvalue weighted by molar-refractivity contribution is 9.10. The first-order chi connectivity index (χ1) is 12.2. The Morgan fingerprint density at radius 1 is 1.19 bits per heavy atom. The highest BCUT2D eigenvalue weighted by atomic mass is 79.9. The molecule has 0 spiro atoms. The number of nitrogens with one attached hydrogen (secondary N) is 1. The highest BCUT2D eigenvalue weighted by Crippen LogP contribution is 2.31. The number of fused-ring (bicyclic) bond motifs is 1. The molecule has 1 unspecified atom stereocenters. The van der Waals surface area contributed by atoms with Crippen molar-refractivity contribution in [2.75, 3.05) is 11.0 Å². The zero-order valence-corrected chi connectivity index (χ0v) is 16.5. The van der Waals surface area contributed by atoms with Crippen LogP contribution in [0.2, 0.25) is 0 Å². The molecule has 1 aromatic heterocycles. The molecule has 0 aliphatic heterocycles. The number of halogens is 1. The maximum Gasteiger partial charge on any atom is 0.304 e. The summed E-state index contributed by atoms with van der Waals surface area (Å²) in [5.41, 5.74) is 2.00. The first-order valence-corrected chi connectivity index (χ1v) is 10.4. The van der Waals surface area contributed by atoms with Crippen molar-refractivity contribution in [3.05, 3.63) is 64.8 Å². The molecule has 6 nitrogen and oxygen atoms in total. The third-order valence-corrected chi connectivity index (χ3v) is 4.81. The lowest BCUT2D eigenvalue weighted by molar-refractivity contribution is -0.148. The second-order valence-corrected chi connectivity index (χ2v) is 8.52. The van der Waals surface area contributed by atoms with E-state index in [-0.39, 0.29) is 0 Å². The SMILES string of the molecule is CC(=O)OC(c1cccc(Br)c1)n1ccc2c(NS(C)(=O)=O)cccc21. The minimum Gasteiger partial charge on any atom is -0.437 e. The normalized spacial score (nSPS) is 12.7. The van der Waals surface area contributed by atoms with Crippen LogP contribution in [0.4, 0.5) is 5.69 Å². The van der Waals surface area contributed by atoms with Crippen LogP contribution in [0.3, 0.4) is 0 Å². The Labute approximate surface area is 160 Å². The molecule has 0 fully saturated rings. The van der Waals surface area contributed by atoms with Gasteiger partial charge in [0.05, 0.1) is 17.5 Å². The molecule has 0 bridgehead atoms. The van der Waals surface area contributed by atoms with E-state index < -0.39 is 22.2 Å². The van der Waals surface area contributed by atoms with E-state index in [0.717, 1.165) is 21.8 Å². The number of esters is 1. The molecule has 2 aromatic carbocycles. The fourth-order valence-electron chi connectivity index (χ4n) is 2.78. The lowest BCUT2D eigenvalue weighted by Crippen LogP contribution is -2.16. The maximum absolute atomic E-state index is 11.7. The molecule has 1 atom stereocenters. The molecule has 1 heterocycles. The van der Waals surface area contributed by atoms with Crippen molar-refractivity contribution in [3.63, 3.8) is 0 Å². The molecule has 3 aromatic rings. The lowest BCUT2D eigenvalue weighted by atomic mass is 10.2. The maximum atomic E-state index is 11.7. The van der Waals surface area contributed by atoms with Gasteiger partial charge in [-0.1, -0.05) is 34.1 Å². The van der Waals surface area contributed by atoms with Gasteiger partial charge in [0.15, 0.2) is 0 Å². The molecule has 8 heteroatoms. The van der Waals surface area contributed by atoms with E-state index in [1.807, 2.05) is 30.3 Å². The molecule has 0 saturated heterocycles. The fourth-order valence-corrected chi connectivity index (χ4v) is 3.78. The van der Waals surface area contributed by atoms with Crippen LogP contribution in [0.25, 0.3) is 10.9 Å². The van der Waals surface area contributed by atoms with E-state index in [9.17, 15) is 13.2 Å². The van der Waals surface area contributed by atoms with E-state index in [0.29, 0.717) is 11.1 Å². The summed E-state index contributed by atoms with van der Waals surface area (Å²) in [6, 6.07) is 14.6. The smallest absolute Gasteiger partial charge is 0.304 e. The predicted molar refractivity (Wildman–Crippen MR) is 104 cm³/mol. The van der Waals surface area contributed by atoms with Crippen LogP contribution in [0.1, 0.15) is 18.7 Å². The molecule has 0 saturated carbocycles. The zero-order chi connectivity index (χ0) is 18.9. The van der Waals surface area contributed by atoms with Crippen molar-refractivity contribution in [2.24, 2.45) is 0 Å². The Hall–Kier alpha value is -2.32. The molecule has 0 aliphatic carbocycles. The Balaban J connectivity index is 2.14. The summed E-state index contributed by atoms with van der Waals surface area (Å²) in [5.74, 6) is -0.415. The van der Waals surface area contributed by atoms with Crippen LogP contribution in [0, 0.1) is 0 Å². The number of hydrogen-bond acceptors (Lipinski definition) is 4. The average Bonchev–Trinajstić information content (AvgIpc) is 2.96. The summed E-state index contributed by atoms with van der Waals surface area (Å²) >= 11 is 3.43. The molecule has 136 valence electrons. The second-order valence-electron chi connectivity index (χ2n) is 5.85. The molecule has 1 N–H and O–H groups in total. The lowest BCUT2D eigenvalue weighted by Gasteiger charge is -2.21. The first kappa shape index (κ1) is 18.5. The molecule has 0 amide bonds. The van der Waals surface area contributed by atoms with Crippen LogP contribution in [-0.4, -0.2) is 25.2 Å². The Bertz CT molecular complexity index is 1080. The van der Waals surface area contributed by atoms with E-state index in [4.69, 9.17) is 4.74 Å². The van der Waals surface area contributed by atoms with Gasteiger partial charge in [0.1, 0.15) is 0 Å². The number of benzene rings is 2. The molecule has 0 aliphatic rings. The van der Waals surface area contributed by atoms with E-state index in [2.05, 4.69) is 20.7 Å². The monoisotopic (exact) mass is 436 g/mol. The van der Waals surface area contributed by atoms with Gasteiger partial charge < -0.3 is 9.30 Å². The van der Waals surface area contributed by atoms with E-state index in [1.54, 1.807) is 29.0 Å². The highest BCUT2D eigenvalue weighted by Gasteiger charge is 2.20. The van der Waals surface area contributed by atoms with Gasteiger partial charge in [-0.25, -0.2) is 8.42 Å². The Kier molecular flexibility index (Phi) is 5.06. The van der Waals surface area contributed by atoms with Crippen LogP contribution in [0.15, 0.2) is 59.2 Å². The molecular formula is C18H17BrN2O4S. The number of sulfonamides is 1. The van der Waals surface area contributed by atoms with Crippen LogP contribution in [-0.2, 0) is 19.6 Å². The standard InChI is InChI=1S/C18H17BrN2O4S/c1-12(22)25-18(13-5-3-6-14(19)11-13)21-10-9-15-16(20-26(2,23)24)7-4-8-17(15)21/h3-11,18,20H,1-2H3. The number of ether oxygens (including phenoxy) is 1. The first-order valence-electron chi connectivity index (χ1n) is 7.74. The Morgan fingerprint density at radius 3 is 2.58 bits per heavy atom. The minimum atomic E-state index is -3.41. The molecule has 26 heavy (non-hydrogen) atoms. The van der Waals surface area contributed by atoms with Crippen LogP contribution in [0.5, 0.6) is 0 Å². The third-order valence-electron chi connectivity index (χ3n) is 3.72. The summed E-state index contributed by atoms with van der Waals surface area (Å²) in [5, 5.41) is 0.713. The molecule has 0 radical (unpaired) electrons. The van der Waals surface area contributed by atoms with Crippen LogP contribution < -0.4 is 4.72 Å².